The number of ether oxygens (including phenoxy) is 1. The largest absolute Gasteiger partial charge is 0.467 e. The second-order valence-electron chi connectivity index (χ2n) is 4.84. The van der Waals surface area contributed by atoms with Crippen molar-refractivity contribution in [3.05, 3.63) is 69.7 Å². The van der Waals surface area contributed by atoms with Gasteiger partial charge in [-0.3, -0.25) is 4.79 Å². The van der Waals surface area contributed by atoms with Crippen LogP contribution in [0.4, 0.5) is 0 Å². The monoisotopic (exact) mass is 351 g/mol. The second-order valence-corrected chi connectivity index (χ2v) is 5.65. The number of hydrogen-bond donors (Lipinski definition) is 1. The number of esters is 1. The lowest BCUT2D eigenvalue weighted by atomic mass is 10.1. The number of methoxy groups -OCH3 is 1. The number of nitrogens with one attached hydrogen (secondary N) is 1. The van der Waals surface area contributed by atoms with Crippen molar-refractivity contribution in [2.24, 2.45) is 0 Å². The predicted octanol–water partition coefficient (Wildman–Crippen LogP) is 3.51. The molecule has 0 fully saturated rings. The number of benzene rings is 2. The predicted molar refractivity (Wildman–Crippen MR) is 89.9 cm³/mol. The molecule has 120 valence electrons. The highest BCUT2D eigenvalue weighted by molar-refractivity contribution is 6.39. The van der Waals surface area contributed by atoms with E-state index < -0.39 is 17.9 Å². The van der Waals surface area contributed by atoms with Crippen molar-refractivity contribution in [1.82, 2.24) is 5.32 Å². The first kappa shape index (κ1) is 17.3. The van der Waals surface area contributed by atoms with Crippen LogP contribution in [0.2, 0.25) is 10.0 Å². The highest BCUT2D eigenvalue weighted by Gasteiger charge is 2.24. The van der Waals surface area contributed by atoms with E-state index in [4.69, 9.17) is 27.9 Å². The Morgan fingerprint density at radius 3 is 2.22 bits per heavy atom. The Bertz CT molecular complexity index is 684. The van der Waals surface area contributed by atoms with Crippen LogP contribution in [0.3, 0.4) is 0 Å². The molecule has 2 rings (SSSR count). The molecule has 0 aliphatic rings. The van der Waals surface area contributed by atoms with Crippen LogP contribution >= 0.6 is 23.2 Å². The average molecular weight is 352 g/mol. The van der Waals surface area contributed by atoms with Gasteiger partial charge in [-0.15, -0.1) is 0 Å². The highest BCUT2D eigenvalue weighted by Crippen LogP contribution is 2.24. The van der Waals surface area contributed by atoms with Crippen LogP contribution < -0.4 is 5.32 Å². The lowest BCUT2D eigenvalue weighted by molar-refractivity contribution is -0.142. The van der Waals surface area contributed by atoms with Gasteiger partial charge in [-0.05, 0) is 17.7 Å². The summed E-state index contributed by atoms with van der Waals surface area (Å²) in [7, 11) is 1.27. The van der Waals surface area contributed by atoms with E-state index in [9.17, 15) is 9.59 Å². The molecule has 0 aromatic heterocycles. The van der Waals surface area contributed by atoms with Crippen LogP contribution in [0.15, 0.2) is 48.5 Å². The third-order valence-corrected chi connectivity index (χ3v) is 3.89. The summed E-state index contributed by atoms with van der Waals surface area (Å²) in [5, 5.41) is 3.07. The summed E-state index contributed by atoms with van der Waals surface area (Å²) in [5.74, 6) is -1.06. The summed E-state index contributed by atoms with van der Waals surface area (Å²) in [6.45, 7) is 0. The van der Waals surface area contributed by atoms with Gasteiger partial charge < -0.3 is 10.1 Å². The SMILES string of the molecule is COC(=O)C(Cc1ccccc1)NC(=O)c1c(Cl)cccc1Cl. The van der Waals surface area contributed by atoms with E-state index in [1.165, 1.54) is 7.11 Å². The molecule has 0 radical (unpaired) electrons. The first-order chi connectivity index (χ1) is 11.0. The van der Waals surface area contributed by atoms with Gasteiger partial charge >= 0.3 is 5.97 Å². The maximum Gasteiger partial charge on any atom is 0.328 e. The van der Waals surface area contributed by atoms with Crippen LogP contribution in [0, 0.1) is 0 Å². The third-order valence-electron chi connectivity index (χ3n) is 3.26. The molecule has 0 saturated carbocycles. The van der Waals surface area contributed by atoms with Crippen LogP contribution in [-0.4, -0.2) is 25.0 Å². The maximum atomic E-state index is 12.4. The van der Waals surface area contributed by atoms with E-state index >= 15 is 0 Å². The molecule has 2 aromatic carbocycles. The molecular weight excluding hydrogens is 337 g/mol. The number of carbonyl (C=O) groups excluding carboxylic acids is 2. The van der Waals surface area contributed by atoms with E-state index in [0.717, 1.165) is 5.56 Å². The Morgan fingerprint density at radius 2 is 1.65 bits per heavy atom. The highest BCUT2D eigenvalue weighted by atomic mass is 35.5. The fourth-order valence-corrected chi connectivity index (χ4v) is 2.70. The summed E-state index contributed by atoms with van der Waals surface area (Å²) in [6, 6.07) is 13.3. The number of hydrogen-bond acceptors (Lipinski definition) is 3. The number of carbonyl (C=O) groups is 2. The quantitative estimate of drug-likeness (QED) is 0.838. The van der Waals surface area contributed by atoms with Gasteiger partial charge in [-0.25, -0.2) is 4.79 Å². The fraction of sp³-hybridized carbons (Fsp3) is 0.176. The van der Waals surface area contributed by atoms with Gasteiger partial charge in [0.25, 0.3) is 5.91 Å². The molecule has 0 aliphatic heterocycles. The van der Waals surface area contributed by atoms with Gasteiger partial charge in [0.1, 0.15) is 6.04 Å². The number of halogens is 2. The summed E-state index contributed by atoms with van der Waals surface area (Å²) in [5.41, 5.74) is 1.03. The molecule has 0 bridgehead atoms. The van der Waals surface area contributed by atoms with Crippen molar-refractivity contribution in [3.63, 3.8) is 0 Å². The Labute approximate surface area is 144 Å². The van der Waals surface area contributed by atoms with E-state index in [-0.39, 0.29) is 15.6 Å². The molecule has 1 atom stereocenters. The standard InChI is InChI=1S/C17H15Cl2NO3/c1-23-17(22)14(10-11-6-3-2-4-7-11)20-16(21)15-12(18)8-5-9-13(15)19/h2-9,14H,10H2,1H3,(H,20,21). The molecule has 23 heavy (non-hydrogen) atoms. The molecule has 1 N–H and O–H groups in total. The van der Waals surface area contributed by atoms with Gasteiger partial charge in [0.05, 0.1) is 22.7 Å². The summed E-state index contributed by atoms with van der Waals surface area (Å²) < 4.78 is 4.76. The number of amides is 1. The average Bonchev–Trinajstić information content (AvgIpc) is 2.54. The van der Waals surface area contributed by atoms with Crippen molar-refractivity contribution in [1.29, 1.82) is 0 Å². The lowest BCUT2D eigenvalue weighted by Crippen LogP contribution is -2.43. The topological polar surface area (TPSA) is 55.4 Å². The van der Waals surface area contributed by atoms with E-state index in [1.54, 1.807) is 18.2 Å². The minimum absolute atomic E-state index is 0.137. The molecule has 2 aromatic rings. The summed E-state index contributed by atoms with van der Waals surface area (Å²) in [4.78, 5) is 24.4. The Balaban J connectivity index is 2.21. The fourth-order valence-electron chi connectivity index (χ4n) is 2.13. The lowest BCUT2D eigenvalue weighted by Gasteiger charge is -2.17. The normalized spacial score (nSPS) is 11.6. The van der Waals surface area contributed by atoms with Gasteiger partial charge in [0, 0.05) is 6.42 Å². The van der Waals surface area contributed by atoms with Gasteiger partial charge in [-0.2, -0.15) is 0 Å². The van der Waals surface area contributed by atoms with E-state index in [2.05, 4.69) is 5.32 Å². The Kier molecular flexibility index (Phi) is 6.02. The zero-order valence-electron chi connectivity index (χ0n) is 12.4. The summed E-state index contributed by atoms with van der Waals surface area (Å²) >= 11 is 12.0. The molecule has 6 heteroatoms. The van der Waals surface area contributed by atoms with Crippen molar-refractivity contribution in [2.45, 2.75) is 12.5 Å². The number of rotatable bonds is 5. The first-order valence-corrected chi connectivity index (χ1v) is 7.65. The van der Waals surface area contributed by atoms with Crippen LogP contribution in [0.5, 0.6) is 0 Å². The molecule has 1 amide bonds. The minimum Gasteiger partial charge on any atom is -0.467 e. The van der Waals surface area contributed by atoms with Crippen molar-refractivity contribution >= 4 is 35.1 Å². The van der Waals surface area contributed by atoms with Gasteiger partial charge in [0.15, 0.2) is 0 Å². The van der Waals surface area contributed by atoms with Crippen molar-refractivity contribution in [2.75, 3.05) is 7.11 Å². The van der Waals surface area contributed by atoms with Crippen molar-refractivity contribution < 1.29 is 14.3 Å². The second kappa shape index (κ2) is 7.99. The zero-order valence-corrected chi connectivity index (χ0v) is 13.9. The van der Waals surface area contributed by atoms with Crippen LogP contribution in [0.25, 0.3) is 0 Å². The molecule has 4 nitrogen and oxygen atoms in total. The van der Waals surface area contributed by atoms with E-state index in [0.29, 0.717) is 6.42 Å². The molecule has 1 unspecified atom stereocenters. The van der Waals surface area contributed by atoms with Crippen molar-refractivity contribution in [3.8, 4) is 0 Å². The Hall–Kier alpha value is -2.04. The molecular formula is C17H15Cl2NO3. The van der Waals surface area contributed by atoms with Gasteiger partial charge in [0.2, 0.25) is 0 Å². The molecule has 0 saturated heterocycles. The van der Waals surface area contributed by atoms with Gasteiger partial charge in [-0.1, -0.05) is 59.6 Å². The Morgan fingerprint density at radius 1 is 1.04 bits per heavy atom. The molecule has 0 heterocycles. The third kappa shape index (κ3) is 4.47. The summed E-state index contributed by atoms with van der Waals surface area (Å²) in [6.07, 6.45) is 0.307. The maximum absolute atomic E-state index is 12.4. The molecule has 0 spiro atoms. The smallest absolute Gasteiger partial charge is 0.328 e. The van der Waals surface area contributed by atoms with E-state index in [1.807, 2.05) is 30.3 Å². The first-order valence-electron chi connectivity index (χ1n) is 6.89. The van der Waals surface area contributed by atoms with Crippen LogP contribution in [-0.2, 0) is 16.0 Å². The van der Waals surface area contributed by atoms with Crippen LogP contribution in [0.1, 0.15) is 15.9 Å². The zero-order chi connectivity index (χ0) is 16.8. The minimum atomic E-state index is -0.831. The molecule has 0 aliphatic carbocycles.